The van der Waals surface area contributed by atoms with Gasteiger partial charge in [0.05, 0.1) is 10.6 Å². The lowest BCUT2D eigenvalue weighted by atomic mass is 10.2. The Kier molecular flexibility index (Phi) is 4.26. The van der Waals surface area contributed by atoms with Crippen molar-refractivity contribution in [3.63, 3.8) is 0 Å². The molecule has 20 heavy (non-hydrogen) atoms. The van der Waals surface area contributed by atoms with Crippen LogP contribution in [0.2, 0.25) is 0 Å². The number of hydrogen-bond donors (Lipinski definition) is 1. The van der Waals surface area contributed by atoms with Gasteiger partial charge in [0.15, 0.2) is 0 Å². The second kappa shape index (κ2) is 5.78. The van der Waals surface area contributed by atoms with Crippen LogP contribution in [0.4, 0.5) is 11.4 Å². The molecule has 0 saturated heterocycles. The number of anilines is 1. The molecule has 0 aliphatic rings. The summed E-state index contributed by atoms with van der Waals surface area (Å²) in [5.74, 6) is 0. The van der Waals surface area contributed by atoms with Crippen LogP contribution in [0.1, 0.15) is 17.0 Å². The van der Waals surface area contributed by atoms with Gasteiger partial charge in [0.2, 0.25) is 0 Å². The van der Waals surface area contributed by atoms with Gasteiger partial charge in [0.25, 0.3) is 5.69 Å². The largest absolute Gasteiger partial charge is 0.380 e. The normalized spacial score (nSPS) is 10.6. The first-order valence-corrected chi connectivity index (χ1v) is 7.15. The molecule has 0 bridgehead atoms. The standard InChI is InChI=1S/C13H15IN4O2/c1-8-11(9(2)17(3)16-8)7-15-13-5-4-10(18(19)20)6-12(13)14/h4-6,15H,7H2,1-3H3. The summed E-state index contributed by atoms with van der Waals surface area (Å²) in [6, 6.07) is 4.81. The number of aryl methyl sites for hydroxylation is 2. The third kappa shape index (κ3) is 2.92. The monoisotopic (exact) mass is 386 g/mol. The van der Waals surface area contributed by atoms with Crippen LogP contribution < -0.4 is 5.32 Å². The van der Waals surface area contributed by atoms with Gasteiger partial charge in [0, 0.05) is 46.2 Å². The minimum absolute atomic E-state index is 0.105. The van der Waals surface area contributed by atoms with Crippen LogP contribution in [0.25, 0.3) is 0 Å². The van der Waals surface area contributed by atoms with Gasteiger partial charge < -0.3 is 5.32 Å². The lowest BCUT2D eigenvalue weighted by Crippen LogP contribution is -2.04. The molecule has 0 aliphatic heterocycles. The van der Waals surface area contributed by atoms with E-state index in [2.05, 4.69) is 33.0 Å². The van der Waals surface area contributed by atoms with Gasteiger partial charge in [-0.3, -0.25) is 14.8 Å². The third-order valence-corrected chi connectivity index (χ3v) is 4.17. The van der Waals surface area contributed by atoms with Crippen LogP contribution in [0.15, 0.2) is 18.2 Å². The lowest BCUT2D eigenvalue weighted by molar-refractivity contribution is -0.384. The predicted octanol–water partition coefficient (Wildman–Crippen LogP) is 3.16. The highest BCUT2D eigenvalue weighted by Crippen LogP contribution is 2.24. The Bertz CT molecular complexity index is 667. The maximum atomic E-state index is 10.7. The minimum atomic E-state index is -0.388. The number of rotatable bonds is 4. The Balaban J connectivity index is 2.17. The highest BCUT2D eigenvalue weighted by atomic mass is 127. The van der Waals surface area contributed by atoms with E-state index in [4.69, 9.17) is 0 Å². The molecule has 0 atom stereocenters. The zero-order valence-electron chi connectivity index (χ0n) is 11.5. The molecule has 0 radical (unpaired) electrons. The number of aromatic nitrogens is 2. The molecule has 1 aromatic carbocycles. The second-order valence-electron chi connectivity index (χ2n) is 4.55. The summed E-state index contributed by atoms with van der Waals surface area (Å²) in [5.41, 5.74) is 4.26. The Morgan fingerprint density at radius 2 is 2.15 bits per heavy atom. The van der Waals surface area contributed by atoms with E-state index in [-0.39, 0.29) is 10.6 Å². The number of halogens is 1. The van der Waals surface area contributed by atoms with Gasteiger partial charge >= 0.3 is 0 Å². The molecule has 2 rings (SSSR count). The number of hydrogen-bond acceptors (Lipinski definition) is 4. The van der Waals surface area contributed by atoms with Crippen molar-refractivity contribution in [2.45, 2.75) is 20.4 Å². The van der Waals surface area contributed by atoms with E-state index in [0.29, 0.717) is 6.54 Å². The molecule has 0 saturated carbocycles. The molecule has 1 N–H and O–H groups in total. The zero-order chi connectivity index (χ0) is 14.9. The van der Waals surface area contributed by atoms with Crippen molar-refractivity contribution < 1.29 is 4.92 Å². The molecule has 0 spiro atoms. The smallest absolute Gasteiger partial charge is 0.270 e. The fraction of sp³-hybridized carbons (Fsp3) is 0.308. The Labute approximate surface area is 130 Å². The number of nitrogens with one attached hydrogen (secondary N) is 1. The first-order chi connectivity index (χ1) is 9.40. The SMILES string of the molecule is Cc1nn(C)c(C)c1CNc1ccc([N+](=O)[O-])cc1I. The van der Waals surface area contributed by atoms with Crippen LogP contribution in [0.3, 0.4) is 0 Å². The van der Waals surface area contributed by atoms with Crippen molar-refractivity contribution in [1.29, 1.82) is 0 Å². The molecule has 1 aromatic heterocycles. The molecule has 0 fully saturated rings. The Morgan fingerprint density at radius 3 is 2.65 bits per heavy atom. The number of non-ortho nitro benzene ring substituents is 1. The summed E-state index contributed by atoms with van der Waals surface area (Å²) in [7, 11) is 1.92. The van der Waals surface area contributed by atoms with E-state index in [1.165, 1.54) is 6.07 Å². The van der Waals surface area contributed by atoms with Crippen LogP contribution in [0.5, 0.6) is 0 Å². The van der Waals surface area contributed by atoms with Crippen molar-refractivity contribution in [2.75, 3.05) is 5.32 Å². The van der Waals surface area contributed by atoms with Gasteiger partial charge in [-0.05, 0) is 42.5 Å². The average molecular weight is 386 g/mol. The Morgan fingerprint density at radius 1 is 1.45 bits per heavy atom. The van der Waals surface area contributed by atoms with Crippen LogP contribution >= 0.6 is 22.6 Å². The van der Waals surface area contributed by atoms with Crippen molar-refractivity contribution in [1.82, 2.24) is 9.78 Å². The Hall–Kier alpha value is -1.64. The molecule has 0 unspecified atom stereocenters. The zero-order valence-corrected chi connectivity index (χ0v) is 13.6. The summed E-state index contributed by atoms with van der Waals surface area (Å²) >= 11 is 2.10. The lowest BCUT2D eigenvalue weighted by Gasteiger charge is -2.09. The molecular formula is C13H15IN4O2. The van der Waals surface area contributed by atoms with Crippen molar-refractivity contribution >= 4 is 34.0 Å². The molecule has 0 aliphatic carbocycles. The van der Waals surface area contributed by atoms with E-state index in [1.54, 1.807) is 12.1 Å². The van der Waals surface area contributed by atoms with Gasteiger partial charge in [-0.25, -0.2) is 0 Å². The fourth-order valence-electron chi connectivity index (χ4n) is 2.02. The molecule has 0 amide bonds. The number of nitrogens with zero attached hydrogens (tertiary/aromatic N) is 3. The molecule has 1 heterocycles. The van der Waals surface area contributed by atoms with E-state index < -0.39 is 0 Å². The van der Waals surface area contributed by atoms with E-state index >= 15 is 0 Å². The third-order valence-electron chi connectivity index (χ3n) is 3.28. The molecule has 6 nitrogen and oxygen atoms in total. The van der Waals surface area contributed by atoms with Crippen molar-refractivity contribution in [3.8, 4) is 0 Å². The second-order valence-corrected chi connectivity index (χ2v) is 5.71. The summed E-state index contributed by atoms with van der Waals surface area (Å²) < 4.78 is 2.68. The quantitative estimate of drug-likeness (QED) is 0.498. The first kappa shape index (κ1) is 14.8. The van der Waals surface area contributed by atoms with Crippen LogP contribution in [0, 0.1) is 27.5 Å². The summed E-state index contributed by atoms with van der Waals surface area (Å²) in [6.07, 6.45) is 0. The first-order valence-electron chi connectivity index (χ1n) is 6.07. The topological polar surface area (TPSA) is 73.0 Å². The molecular weight excluding hydrogens is 371 g/mol. The minimum Gasteiger partial charge on any atom is -0.380 e. The van der Waals surface area contributed by atoms with Gasteiger partial charge in [-0.1, -0.05) is 0 Å². The van der Waals surface area contributed by atoms with Crippen molar-refractivity contribution in [3.05, 3.63) is 48.8 Å². The number of nitro benzene ring substituents is 1. The molecule has 106 valence electrons. The highest BCUT2D eigenvalue weighted by Gasteiger charge is 2.11. The van der Waals surface area contributed by atoms with Crippen LogP contribution in [-0.2, 0) is 13.6 Å². The van der Waals surface area contributed by atoms with E-state index in [9.17, 15) is 10.1 Å². The summed E-state index contributed by atoms with van der Waals surface area (Å²) in [6.45, 7) is 4.65. The van der Waals surface area contributed by atoms with Crippen LogP contribution in [-0.4, -0.2) is 14.7 Å². The molecule has 7 heteroatoms. The van der Waals surface area contributed by atoms with E-state index in [1.807, 2.05) is 25.6 Å². The number of nitro groups is 1. The average Bonchev–Trinajstić information content (AvgIpc) is 2.62. The fourth-order valence-corrected chi connectivity index (χ4v) is 2.71. The maximum Gasteiger partial charge on any atom is 0.270 e. The van der Waals surface area contributed by atoms with Gasteiger partial charge in [0.1, 0.15) is 0 Å². The molecule has 2 aromatic rings. The summed E-state index contributed by atoms with van der Waals surface area (Å²) in [4.78, 5) is 10.3. The van der Waals surface area contributed by atoms with Gasteiger partial charge in [-0.2, -0.15) is 5.10 Å². The summed E-state index contributed by atoms with van der Waals surface area (Å²) in [5, 5.41) is 18.4. The highest BCUT2D eigenvalue weighted by molar-refractivity contribution is 14.1. The van der Waals surface area contributed by atoms with E-state index in [0.717, 1.165) is 26.2 Å². The van der Waals surface area contributed by atoms with Gasteiger partial charge in [-0.15, -0.1) is 0 Å². The number of benzene rings is 1. The van der Waals surface area contributed by atoms with Crippen molar-refractivity contribution in [2.24, 2.45) is 7.05 Å². The maximum absolute atomic E-state index is 10.7. The predicted molar refractivity (Wildman–Crippen MR) is 85.8 cm³/mol.